The predicted molar refractivity (Wildman–Crippen MR) is 202 cm³/mol. The van der Waals surface area contributed by atoms with Gasteiger partial charge in [0.25, 0.3) is 0 Å². The molecule has 0 aliphatic rings. The molecule has 8 aromatic carbocycles. The highest BCUT2D eigenvalue weighted by Crippen LogP contribution is 2.42. The summed E-state index contributed by atoms with van der Waals surface area (Å²) >= 11 is 0. The fourth-order valence-electron chi connectivity index (χ4n) is 6.37. The zero-order valence-electron chi connectivity index (χ0n) is 34.6. The number of benzene rings is 8. The van der Waals surface area contributed by atoms with Crippen LogP contribution in [0.3, 0.4) is 0 Å². The van der Waals surface area contributed by atoms with Crippen LogP contribution >= 0.6 is 0 Å². The van der Waals surface area contributed by atoms with Gasteiger partial charge in [0.05, 0.1) is 12.3 Å². The lowest BCUT2D eigenvalue weighted by Crippen LogP contribution is -2.10. The van der Waals surface area contributed by atoms with E-state index >= 15 is 0 Å². The van der Waals surface area contributed by atoms with Crippen molar-refractivity contribution in [2.24, 2.45) is 0 Å². The van der Waals surface area contributed by atoms with E-state index in [1.165, 1.54) is 0 Å². The molecule has 0 saturated heterocycles. The smallest absolute Gasteiger partial charge is 0.143 e. The molecule has 0 fully saturated rings. The largest absolute Gasteiger partial charge is 0.455 e. The van der Waals surface area contributed by atoms with E-state index in [9.17, 15) is 5.48 Å². The third-order valence-electron chi connectivity index (χ3n) is 8.62. The normalized spacial score (nSPS) is 14.0. The highest BCUT2D eigenvalue weighted by atomic mass is 16.3. The molecule has 0 unspecified atom stereocenters. The van der Waals surface area contributed by atoms with E-state index in [4.69, 9.17) is 11.3 Å². The lowest BCUT2D eigenvalue weighted by Gasteiger charge is -2.26. The molecule has 0 atom stereocenters. The first-order valence-electron chi connectivity index (χ1n) is 20.1. The van der Waals surface area contributed by atoms with Gasteiger partial charge in [-0.15, -0.1) is 0 Å². The Balaban J connectivity index is 1.27. The Morgan fingerprint density at radius 3 is 1.98 bits per heavy atom. The molecule has 2 heteroatoms. The standard InChI is InChI=1S/C46H31NO/c1-3-11-32(12-4-1)34-21-26-38(27-22-34)47(39-28-23-35(24-29-39)33-13-5-2-6-14-33)40-17-9-16-37(31-40)41-19-10-20-44-45(41)43-30-25-36-15-7-8-18-42(36)46(43)48-44/h1-31H/i1D,3D,4D,11D,12D,21D,22D,26D,27D. The SMILES string of the molecule is [2H]c1c([2H])c([2H])c(-c2c([2H])c([2H])c(N(c3ccc(-c4ccccc4)cc3)c3cccc(-c4cccc5oc6c7ccccc7ccc6c45)c3)c([2H])c2[2H])c([2H])c1[2H]. The molecule has 48 heavy (non-hydrogen) atoms. The fraction of sp³-hybridized carbons (Fsp3) is 0. The van der Waals surface area contributed by atoms with Crippen LogP contribution in [0.1, 0.15) is 12.3 Å². The lowest BCUT2D eigenvalue weighted by molar-refractivity contribution is 0.673. The number of furan rings is 1. The summed E-state index contributed by atoms with van der Waals surface area (Å²) in [4.78, 5) is 1.67. The molecule has 2 nitrogen and oxygen atoms in total. The second-order valence-electron chi connectivity index (χ2n) is 11.5. The van der Waals surface area contributed by atoms with Crippen molar-refractivity contribution < 1.29 is 16.8 Å². The summed E-state index contributed by atoms with van der Waals surface area (Å²) in [5.41, 5.74) is 5.45. The maximum absolute atomic E-state index is 9.38. The van der Waals surface area contributed by atoms with E-state index in [-0.39, 0.29) is 11.3 Å². The van der Waals surface area contributed by atoms with Crippen LogP contribution in [0.25, 0.3) is 66.1 Å². The van der Waals surface area contributed by atoms with Crippen LogP contribution in [0.15, 0.2) is 192 Å². The summed E-state index contributed by atoms with van der Waals surface area (Å²) < 4.78 is 85.2. The van der Waals surface area contributed by atoms with Gasteiger partial charge in [-0.3, -0.25) is 0 Å². The molecule has 0 radical (unpaired) electrons. The Hall–Kier alpha value is -6.38. The van der Waals surface area contributed by atoms with Gasteiger partial charge in [-0.1, -0.05) is 139 Å². The van der Waals surface area contributed by atoms with Gasteiger partial charge in [0, 0.05) is 33.2 Å². The number of hydrogen-bond donors (Lipinski definition) is 0. The zero-order valence-corrected chi connectivity index (χ0v) is 25.6. The fourth-order valence-corrected chi connectivity index (χ4v) is 6.37. The first-order chi connectivity index (χ1) is 27.5. The Labute approximate surface area is 292 Å². The number of anilines is 3. The molecule has 0 aliphatic carbocycles. The predicted octanol–water partition coefficient (Wildman–Crippen LogP) is 13.2. The van der Waals surface area contributed by atoms with E-state index in [0.29, 0.717) is 11.4 Å². The molecule has 9 aromatic rings. The van der Waals surface area contributed by atoms with Crippen molar-refractivity contribution in [1.82, 2.24) is 0 Å². The topological polar surface area (TPSA) is 16.4 Å². The van der Waals surface area contributed by atoms with Crippen LogP contribution in [-0.2, 0) is 0 Å². The van der Waals surface area contributed by atoms with Crippen molar-refractivity contribution >= 4 is 49.8 Å². The molecule has 1 aromatic heterocycles. The van der Waals surface area contributed by atoms with Crippen molar-refractivity contribution in [2.45, 2.75) is 0 Å². The third-order valence-corrected chi connectivity index (χ3v) is 8.62. The minimum Gasteiger partial charge on any atom is -0.455 e. The van der Waals surface area contributed by atoms with Crippen LogP contribution in [0.4, 0.5) is 17.1 Å². The minimum atomic E-state index is -0.627. The van der Waals surface area contributed by atoms with Gasteiger partial charge in [0.1, 0.15) is 11.2 Å². The Bertz CT molecular complexity index is 3010. The van der Waals surface area contributed by atoms with Crippen molar-refractivity contribution in [1.29, 1.82) is 0 Å². The molecule has 0 N–H and O–H groups in total. The van der Waals surface area contributed by atoms with Crippen LogP contribution < -0.4 is 4.90 Å². The molecule has 1 heterocycles. The van der Waals surface area contributed by atoms with Crippen molar-refractivity contribution in [3.05, 3.63) is 188 Å². The summed E-state index contributed by atoms with van der Waals surface area (Å²) in [5, 5.41) is 3.97. The second-order valence-corrected chi connectivity index (χ2v) is 11.5. The van der Waals surface area contributed by atoms with Crippen LogP contribution in [-0.4, -0.2) is 0 Å². The van der Waals surface area contributed by atoms with Crippen molar-refractivity contribution in [3.63, 3.8) is 0 Å². The molecule has 0 aliphatic heterocycles. The van der Waals surface area contributed by atoms with Crippen molar-refractivity contribution in [2.75, 3.05) is 4.90 Å². The average molecular weight is 623 g/mol. The molecular weight excluding hydrogens is 583 g/mol. The van der Waals surface area contributed by atoms with Crippen LogP contribution in [0.2, 0.25) is 0 Å². The quantitative estimate of drug-likeness (QED) is 0.183. The monoisotopic (exact) mass is 622 g/mol. The summed E-state index contributed by atoms with van der Waals surface area (Å²) in [7, 11) is 0. The Kier molecular flexibility index (Phi) is 4.90. The summed E-state index contributed by atoms with van der Waals surface area (Å²) in [5.74, 6) is 0. The van der Waals surface area contributed by atoms with E-state index in [1.54, 1.807) is 4.90 Å². The molecule has 0 amide bonds. The number of fused-ring (bicyclic) bond motifs is 5. The summed E-state index contributed by atoms with van der Waals surface area (Å²) in [6.45, 7) is 0. The zero-order chi connectivity index (χ0) is 39.7. The van der Waals surface area contributed by atoms with Crippen LogP contribution in [0, 0.1) is 0 Å². The van der Waals surface area contributed by atoms with Gasteiger partial charge >= 0.3 is 0 Å². The first kappa shape index (κ1) is 20.0. The molecule has 9 rings (SSSR count). The Morgan fingerprint density at radius 1 is 0.438 bits per heavy atom. The van der Waals surface area contributed by atoms with Crippen molar-refractivity contribution in [3.8, 4) is 33.4 Å². The number of hydrogen-bond acceptors (Lipinski definition) is 2. The van der Waals surface area contributed by atoms with Gasteiger partial charge in [0.15, 0.2) is 0 Å². The minimum absolute atomic E-state index is 0.0656. The average Bonchev–Trinajstić information content (AvgIpc) is 3.64. The van der Waals surface area contributed by atoms with E-state index in [2.05, 4.69) is 18.2 Å². The van der Waals surface area contributed by atoms with E-state index < -0.39 is 59.9 Å². The Morgan fingerprint density at radius 2 is 1.15 bits per heavy atom. The molecule has 0 bridgehead atoms. The number of rotatable bonds is 6. The van der Waals surface area contributed by atoms with Gasteiger partial charge < -0.3 is 9.32 Å². The van der Waals surface area contributed by atoms with Gasteiger partial charge in [-0.2, -0.15) is 0 Å². The number of nitrogens with zero attached hydrogens (tertiary/aromatic N) is 1. The van der Waals surface area contributed by atoms with Gasteiger partial charge in [0.2, 0.25) is 0 Å². The summed E-state index contributed by atoms with van der Waals surface area (Å²) in [6, 6.07) is 38.2. The van der Waals surface area contributed by atoms with Gasteiger partial charge in [-0.25, -0.2) is 0 Å². The van der Waals surface area contributed by atoms with Gasteiger partial charge in [-0.05, 0) is 87.2 Å². The first-order valence-corrected chi connectivity index (χ1v) is 15.6. The third kappa shape index (κ3) is 4.92. The molecule has 0 saturated carbocycles. The molecule has 226 valence electrons. The lowest BCUT2D eigenvalue weighted by atomic mass is 9.97. The highest BCUT2D eigenvalue weighted by molar-refractivity contribution is 6.19. The van der Waals surface area contributed by atoms with E-state index in [1.807, 2.05) is 115 Å². The second kappa shape index (κ2) is 11.8. The maximum atomic E-state index is 9.38. The molecule has 0 spiro atoms. The maximum Gasteiger partial charge on any atom is 0.143 e. The van der Waals surface area contributed by atoms with Crippen LogP contribution in [0.5, 0.6) is 0 Å². The summed E-state index contributed by atoms with van der Waals surface area (Å²) in [6.07, 6.45) is 0. The highest BCUT2D eigenvalue weighted by Gasteiger charge is 2.17. The van der Waals surface area contributed by atoms with E-state index in [0.717, 1.165) is 55.0 Å². The molecular formula is C46H31NO.